The number of carbonyl (C=O) groups excluding carboxylic acids is 1. The molecule has 0 aromatic heterocycles. The Morgan fingerprint density at radius 1 is 1.26 bits per heavy atom. The van der Waals surface area contributed by atoms with Gasteiger partial charge in [0.2, 0.25) is 5.69 Å². The highest BCUT2D eigenvalue weighted by Gasteiger charge is 2.27. The maximum atomic E-state index is 11.3. The summed E-state index contributed by atoms with van der Waals surface area (Å²) in [6.45, 7) is 3.06. The first-order valence-electron chi connectivity index (χ1n) is 5.24. The van der Waals surface area contributed by atoms with Crippen molar-refractivity contribution < 1.29 is 19.4 Å². The van der Waals surface area contributed by atoms with Crippen molar-refractivity contribution in [2.24, 2.45) is 0 Å². The van der Waals surface area contributed by atoms with Crippen LogP contribution in [0.25, 0.3) is 0 Å². The number of rotatable bonds is 4. The van der Waals surface area contributed by atoms with Crippen molar-refractivity contribution in [3.8, 4) is 0 Å². The van der Waals surface area contributed by atoms with Crippen LogP contribution in [-0.2, 0) is 4.74 Å². The number of aryl methyl sites for hydroxylation is 1. The van der Waals surface area contributed by atoms with Gasteiger partial charge in [0.15, 0.2) is 0 Å². The van der Waals surface area contributed by atoms with Gasteiger partial charge in [-0.25, -0.2) is 4.79 Å². The summed E-state index contributed by atoms with van der Waals surface area (Å²) in [4.78, 5) is 31.4. The molecular formula is C10H11N3O6. The van der Waals surface area contributed by atoms with Gasteiger partial charge in [-0.1, -0.05) is 0 Å². The lowest BCUT2D eigenvalue weighted by Gasteiger charge is -2.07. The molecule has 1 aromatic carbocycles. The summed E-state index contributed by atoms with van der Waals surface area (Å²) >= 11 is 0. The molecule has 0 radical (unpaired) electrons. The maximum Gasteiger partial charge on any atom is 0.412 e. The summed E-state index contributed by atoms with van der Waals surface area (Å²) in [6, 6.07) is 2.27. The van der Waals surface area contributed by atoms with Crippen LogP contribution in [0.1, 0.15) is 12.5 Å². The van der Waals surface area contributed by atoms with E-state index in [0.29, 0.717) is 5.56 Å². The third-order valence-corrected chi connectivity index (χ3v) is 2.14. The highest BCUT2D eigenvalue weighted by Crippen LogP contribution is 2.35. The molecule has 102 valence electrons. The maximum absolute atomic E-state index is 11.3. The minimum absolute atomic E-state index is 0.0410. The summed E-state index contributed by atoms with van der Waals surface area (Å²) in [5.41, 5.74) is -1.26. The Morgan fingerprint density at radius 3 is 2.11 bits per heavy atom. The van der Waals surface area contributed by atoms with Crippen LogP contribution in [0.2, 0.25) is 0 Å². The smallest absolute Gasteiger partial charge is 0.412 e. The van der Waals surface area contributed by atoms with E-state index in [1.807, 2.05) is 5.32 Å². The predicted molar refractivity (Wildman–Crippen MR) is 65.1 cm³/mol. The number of benzene rings is 1. The van der Waals surface area contributed by atoms with Gasteiger partial charge in [0.05, 0.1) is 16.5 Å². The largest absolute Gasteiger partial charge is 0.450 e. The third kappa shape index (κ3) is 3.37. The molecule has 0 fully saturated rings. The topological polar surface area (TPSA) is 125 Å². The second-order valence-electron chi connectivity index (χ2n) is 3.54. The number of hydrogen-bond donors (Lipinski definition) is 1. The Hall–Kier alpha value is -2.71. The number of amides is 1. The molecule has 0 heterocycles. The molecule has 0 atom stereocenters. The van der Waals surface area contributed by atoms with Gasteiger partial charge in [-0.2, -0.15) is 0 Å². The van der Waals surface area contributed by atoms with E-state index in [-0.39, 0.29) is 6.61 Å². The van der Waals surface area contributed by atoms with E-state index < -0.39 is 33.0 Å². The lowest BCUT2D eigenvalue weighted by Crippen LogP contribution is -2.15. The van der Waals surface area contributed by atoms with Gasteiger partial charge in [0, 0.05) is 12.1 Å². The third-order valence-electron chi connectivity index (χ3n) is 2.14. The van der Waals surface area contributed by atoms with Crippen LogP contribution in [0.5, 0.6) is 0 Å². The number of hydrogen-bond acceptors (Lipinski definition) is 6. The molecule has 1 aromatic rings. The fraction of sp³-hybridized carbons (Fsp3) is 0.300. The van der Waals surface area contributed by atoms with Gasteiger partial charge in [-0.3, -0.25) is 25.5 Å². The number of nitrogens with one attached hydrogen (secondary N) is 1. The van der Waals surface area contributed by atoms with Gasteiger partial charge in [-0.15, -0.1) is 0 Å². The van der Waals surface area contributed by atoms with E-state index in [0.717, 1.165) is 12.1 Å². The summed E-state index contributed by atoms with van der Waals surface area (Å²) in [5.74, 6) is 0. The van der Waals surface area contributed by atoms with Gasteiger partial charge >= 0.3 is 6.09 Å². The number of ether oxygens (including phenoxy) is 1. The fourth-order valence-corrected chi connectivity index (χ4v) is 1.43. The normalized spacial score (nSPS) is 9.79. The average Bonchev–Trinajstić information content (AvgIpc) is 2.30. The van der Waals surface area contributed by atoms with E-state index in [2.05, 4.69) is 4.74 Å². The van der Waals surface area contributed by atoms with Crippen LogP contribution >= 0.6 is 0 Å². The van der Waals surface area contributed by atoms with Gasteiger partial charge in [0.1, 0.15) is 0 Å². The first kappa shape index (κ1) is 14.4. The molecule has 19 heavy (non-hydrogen) atoms. The van der Waals surface area contributed by atoms with Crippen molar-refractivity contribution in [3.05, 3.63) is 37.9 Å². The number of carbonyl (C=O) groups is 1. The van der Waals surface area contributed by atoms with Crippen LogP contribution in [0.3, 0.4) is 0 Å². The molecule has 0 bridgehead atoms. The van der Waals surface area contributed by atoms with Crippen LogP contribution < -0.4 is 5.32 Å². The number of nitro groups is 2. The van der Waals surface area contributed by atoms with E-state index in [4.69, 9.17) is 0 Å². The first-order valence-corrected chi connectivity index (χ1v) is 5.24. The summed E-state index contributed by atoms with van der Waals surface area (Å²) in [7, 11) is 0. The molecule has 1 amide bonds. The van der Waals surface area contributed by atoms with Crippen molar-refractivity contribution in [2.45, 2.75) is 13.8 Å². The molecule has 9 heteroatoms. The zero-order chi connectivity index (χ0) is 14.6. The first-order chi connectivity index (χ1) is 8.86. The summed E-state index contributed by atoms with van der Waals surface area (Å²) in [5, 5.41) is 23.8. The molecule has 0 spiro atoms. The Kier molecular flexibility index (Phi) is 4.35. The standard InChI is InChI=1S/C10H11N3O6/c1-3-19-10(14)11-9-7(12(15)16)4-6(2)5-8(9)13(17)18/h4-5H,3H2,1-2H3,(H,11,14). The average molecular weight is 269 g/mol. The number of anilines is 1. The Labute approximate surface area is 107 Å². The molecule has 1 rings (SSSR count). The molecule has 0 saturated heterocycles. The molecule has 0 unspecified atom stereocenters. The quantitative estimate of drug-likeness (QED) is 0.660. The lowest BCUT2D eigenvalue weighted by atomic mass is 10.1. The fourth-order valence-electron chi connectivity index (χ4n) is 1.43. The SMILES string of the molecule is CCOC(=O)Nc1c([N+](=O)[O-])cc(C)cc1[N+](=O)[O-]. The van der Waals surface area contributed by atoms with Crippen LogP contribution in [-0.4, -0.2) is 22.5 Å². The molecule has 0 saturated carbocycles. The van der Waals surface area contributed by atoms with Crippen LogP contribution in [0, 0.1) is 27.2 Å². The van der Waals surface area contributed by atoms with Gasteiger partial charge < -0.3 is 4.74 Å². The second-order valence-corrected chi connectivity index (χ2v) is 3.54. The zero-order valence-electron chi connectivity index (χ0n) is 10.2. The Morgan fingerprint density at radius 2 is 1.74 bits per heavy atom. The predicted octanol–water partition coefficient (Wildman–Crippen LogP) is 2.38. The number of nitro benzene ring substituents is 2. The molecular weight excluding hydrogens is 258 g/mol. The molecule has 0 aliphatic rings. The minimum Gasteiger partial charge on any atom is -0.450 e. The van der Waals surface area contributed by atoms with Gasteiger partial charge in [0.25, 0.3) is 11.4 Å². The Balaban J connectivity index is 3.35. The zero-order valence-corrected chi connectivity index (χ0v) is 10.2. The number of nitrogens with zero attached hydrogens (tertiary/aromatic N) is 2. The van der Waals surface area contributed by atoms with E-state index in [1.165, 1.54) is 13.8 Å². The highest BCUT2D eigenvalue weighted by atomic mass is 16.6. The second kappa shape index (κ2) is 5.76. The molecule has 9 nitrogen and oxygen atoms in total. The van der Waals surface area contributed by atoms with Crippen LogP contribution in [0.4, 0.5) is 21.9 Å². The van der Waals surface area contributed by atoms with Crippen molar-refractivity contribution in [3.63, 3.8) is 0 Å². The monoisotopic (exact) mass is 269 g/mol. The molecule has 0 aliphatic heterocycles. The van der Waals surface area contributed by atoms with Crippen molar-refractivity contribution >= 4 is 23.2 Å². The van der Waals surface area contributed by atoms with Crippen molar-refractivity contribution in [2.75, 3.05) is 11.9 Å². The summed E-state index contributed by atoms with van der Waals surface area (Å²) in [6.07, 6.45) is -0.988. The minimum atomic E-state index is -0.988. The van der Waals surface area contributed by atoms with E-state index in [9.17, 15) is 25.0 Å². The van der Waals surface area contributed by atoms with Crippen LogP contribution in [0.15, 0.2) is 12.1 Å². The highest BCUT2D eigenvalue weighted by molar-refractivity contribution is 5.92. The molecule has 1 N–H and O–H groups in total. The van der Waals surface area contributed by atoms with E-state index >= 15 is 0 Å². The van der Waals surface area contributed by atoms with Crippen molar-refractivity contribution in [1.29, 1.82) is 0 Å². The summed E-state index contributed by atoms with van der Waals surface area (Å²) < 4.78 is 4.55. The van der Waals surface area contributed by atoms with E-state index in [1.54, 1.807) is 0 Å². The van der Waals surface area contributed by atoms with Crippen molar-refractivity contribution in [1.82, 2.24) is 0 Å². The molecule has 0 aliphatic carbocycles. The van der Waals surface area contributed by atoms with Gasteiger partial charge in [-0.05, 0) is 19.4 Å². The Bertz CT molecular complexity index is 507. The lowest BCUT2D eigenvalue weighted by molar-refractivity contribution is -0.392.